The summed E-state index contributed by atoms with van der Waals surface area (Å²) < 4.78 is 0. The monoisotopic (exact) mass is 370 g/mol. The van der Waals surface area contributed by atoms with Crippen molar-refractivity contribution in [3.63, 3.8) is 0 Å². The van der Waals surface area contributed by atoms with Crippen molar-refractivity contribution in [2.45, 2.75) is 25.7 Å². The first-order valence-electron chi connectivity index (χ1n) is 8.97. The highest BCUT2D eigenvalue weighted by molar-refractivity contribution is 6.30. The quantitative estimate of drug-likeness (QED) is 0.804. The van der Waals surface area contributed by atoms with Gasteiger partial charge in [-0.15, -0.1) is 0 Å². The number of hydrogen-bond acceptors (Lipinski definition) is 2. The Hall–Kier alpha value is -2.33. The predicted molar refractivity (Wildman–Crippen MR) is 104 cm³/mol. The summed E-state index contributed by atoms with van der Waals surface area (Å²) in [7, 11) is 0. The van der Waals surface area contributed by atoms with Crippen LogP contribution < -0.4 is 5.32 Å². The molecule has 2 aromatic rings. The fourth-order valence-corrected chi connectivity index (χ4v) is 3.45. The van der Waals surface area contributed by atoms with Crippen LogP contribution in [0.3, 0.4) is 0 Å². The Morgan fingerprint density at radius 3 is 2.31 bits per heavy atom. The molecule has 0 aromatic heterocycles. The van der Waals surface area contributed by atoms with E-state index < -0.39 is 0 Å². The Labute approximate surface area is 159 Å². The Bertz CT molecular complexity index is 738. The number of nitrogens with one attached hydrogen (secondary N) is 1. The molecule has 2 aromatic carbocycles. The lowest BCUT2D eigenvalue weighted by Gasteiger charge is -2.32. The molecule has 26 heavy (non-hydrogen) atoms. The van der Waals surface area contributed by atoms with Gasteiger partial charge < -0.3 is 10.2 Å². The van der Waals surface area contributed by atoms with Crippen molar-refractivity contribution in [2.24, 2.45) is 5.92 Å². The summed E-state index contributed by atoms with van der Waals surface area (Å²) in [4.78, 5) is 26.2. The lowest BCUT2D eigenvalue weighted by molar-refractivity contribution is -0.135. The minimum Gasteiger partial charge on any atom is -0.342 e. The molecule has 1 aliphatic rings. The predicted octanol–water partition coefficient (Wildman–Crippen LogP) is 4.15. The van der Waals surface area contributed by atoms with Crippen LogP contribution >= 0.6 is 11.6 Å². The molecule has 1 aliphatic heterocycles. The van der Waals surface area contributed by atoms with E-state index in [2.05, 4.69) is 29.6 Å². The SMILES string of the molecule is O=C(CC(=O)N1CCC(Cc2ccccc2)CC1)Nc1ccc(Cl)cc1. The molecule has 0 atom stereocenters. The van der Waals surface area contributed by atoms with E-state index in [4.69, 9.17) is 11.6 Å². The molecule has 0 aliphatic carbocycles. The topological polar surface area (TPSA) is 49.4 Å². The lowest BCUT2D eigenvalue weighted by atomic mass is 9.90. The van der Waals surface area contributed by atoms with E-state index >= 15 is 0 Å². The number of carbonyl (C=O) groups is 2. The van der Waals surface area contributed by atoms with Crippen LogP contribution in [-0.2, 0) is 16.0 Å². The zero-order valence-corrected chi connectivity index (χ0v) is 15.4. The third-order valence-corrected chi connectivity index (χ3v) is 5.03. The van der Waals surface area contributed by atoms with Gasteiger partial charge in [0.15, 0.2) is 0 Å². The van der Waals surface area contributed by atoms with Gasteiger partial charge in [0.25, 0.3) is 0 Å². The number of nitrogens with zero attached hydrogens (tertiary/aromatic N) is 1. The zero-order chi connectivity index (χ0) is 18.4. The van der Waals surface area contributed by atoms with Gasteiger partial charge in [0, 0.05) is 23.8 Å². The van der Waals surface area contributed by atoms with Gasteiger partial charge in [0.1, 0.15) is 6.42 Å². The van der Waals surface area contributed by atoms with Gasteiger partial charge in [0.2, 0.25) is 11.8 Å². The maximum Gasteiger partial charge on any atom is 0.233 e. The van der Waals surface area contributed by atoms with E-state index in [9.17, 15) is 9.59 Å². The van der Waals surface area contributed by atoms with Gasteiger partial charge >= 0.3 is 0 Å². The van der Waals surface area contributed by atoms with Crippen LogP contribution in [0.25, 0.3) is 0 Å². The molecule has 1 N–H and O–H groups in total. The summed E-state index contributed by atoms with van der Waals surface area (Å²) in [5, 5.41) is 3.34. The first-order valence-corrected chi connectivity index (χ1v) is 9.35. The van der Waals surface area contributed by atoms with Gasteiger partial charge in [-0.3, -0.25) is 9.59 Å². The van der Waals surface area contributed by atoms with E-state index in [1.54, 1.807) is 24.3 Å². The van der Waals surface area contributed by atoms with Crippen LogP contribution in [0.1, 0.15) is 24.8 Å². The number of piperidine rings is 1. The van der Waals surface area contributed by atoms with E-state index in [0.29, 0.717) is 16.6 Å². The molecule has 1 saturated heterocycles. The van der Waals surface area contributed by atoms with Crippen LogP contribution in [0.4, 0.5) is 5.69 Å². The van der Waals surface area contributed by atoms with Gasteiger partial charge in [-0.05, 0) is 55.0 Å². The van der Waals surface area contributed by atoms with Crippen molar-refractivity contribution in [1.82, 2.24) is 4.90 Å². The number of amides is 2. The van der Waals surface area contributed by atoms with Crippen LogP contribution in [0.5, 0.6) is 0 Å². The second kappa shape index (κ2) is 8.86. The molecular formula is C21H23ClN2O2. The molecule has 0 saturated carbocycles. The summed E-state index contributed by atoms with van der Waals surface area (Å²) in [5.41, 5.74) is 1.99. The van der Waals surface area contributed by atoms with Crippen LogP contribution in [0.2, 0.25) is 5.02 Å². The maximum absolute atomic E-state index is 12.4. The number of rotatable bonds is 5. The normalized spacial score (nSPS) is 14.9. The molecular weight excluding hydrogens is 348 g/mol. The highest BCUT2D eigenvalue weighted by atomic mass is 35.5. The molecule has 1 fully saturated rings. The Morgan fingerprint density at radius 1 is 1.00 bits per heavy atom. The number of anilines is 1. The highest BCUT2D eigenvalue weighted by Crippen LogP contribution is 2.22. The molecule has 0 radical (unpaired) electrons. The second-order valence-corrected chi connectivity index (χ2v) is 7.18. The Balaban J connectivity index is 1.43. The standard InChI is InChI=1S/C21H23ClN2O2/c22-18-6-8-19(9-7-18)23-20(25)15-21(26)24-12-10-17(11-13-24)14-16-4-2-1-3-5-16/h1-9,17H,10-15H2,(H,23,25). The molecule has 2 amide bonds. The van der Waals surface area contributed by atoms with Crippen molar-refractivity contribution >= 4 is 29.1 Å². The molecule has 4 nitrogen and oxygen atoms in total. The van der Waals surface area contributed by atoms with E-state index in [1.807, 2.05) is 11.0 Å². The van der Waals surface area contributed by atoms with Crippen LogP contribution in [0.15, 0.2) is 54.6 Å². The van der Waals surface area contributed by atoms with Crippen molar-refractivity contribution in [3.05, 3.63) is 65.2 Å². The molecule has 5 heteroatoms. The summed E-state index contributed by atoms with van der Waals surface area (Å²) in [6.07, 6.45) is 2.91. The fraction of sp³-hybridized carbons (Fsp3) is 0.333. The van der Waals surface area contributed by atoms with Crippen molar-refractivity contribution < 1.29 is 9.59 Å². The first-order chi connectivity index (χ1) is 12.6. The third kappa shape index (κ3) is 5.33. The summed E-state index contributed by atoms with van der Waals surface area (Å²) in [5.74, 6) is 0.211. The molecule has 0 bridgehead atoms. The van der Waals surface area contributed by atoms with Gasteiger partial charge in [-0.2, -0.15) is 0 Å². The van der Waals surface area contributed by atoms with Gasteiger partial charge in [-0.25, -0.2) is 0 Å². The average molecular weight is 371 g/mol. The minimum absolute atomic E-state index is 0.102. The highest BCUT2D eigenvalue weighted by Gasteiger charge is 2.24. The smallest absolute Gasteiger partial charge is 0.233 e. The number of halogens is 1. The maximum atomic E-state index is 12.4. The van der Waals surface area contributed by atoms with Gasteiger partial charge in [0.05, 0.1) is 0 Å². The summed E-state index contributed by atoms with van der Waals surface area (Å²) in [6.45, 7) is 1.45. The van der Waals surface area contributed by atoms with E-state index in [0.717, 1.165) is 32.4 Å². The lowest BCUT2D eigenvalue weighted by Crippen LogP contribution is -2.40. The van der Waals surface area contributed by atoms with E-state index in [1.165, 1.54) is 5.56 Å². The molecule has 0 spiro atoms. The zero-order valence-electron chi connectivity index (χ0n) is 14.7. The fourth-order valence-electron chi connectivity index (χ4n) is 3.32. The Kier molecular flexibility index (Phi) is 6.29. The van der Waals surface area contributed by atoms with E-state index in [-0.39, 0.29) is 18.2 Å². The Morgan fingerprint density at radius 2 is 1.65 bits per heavy atom. The number of hydrogen-bond donors (Lipinski definition) is 1. The number of likely N-dealkylation sites (tertiary alicyclic amines) is 1. The molecule has 1 heterocycles. The number of carbonyl (C=O) groups excluding carboxylic acids is 2. The summed E-state index contributed by atoms with van der Waals surface area (Å²) in [6, 6.07) is 17.3. The summed E-state index contributed by atoms with van der Waals surface area (Å²) >= 11 is 5.82. The average Bonchev–Trinajstić information content (AvgIpc) is 2.65. The molecule has 3 rings (SSSR count). The van der Waals surface area contributed by atoms with Crippen LogP contribution in [-0.4, -0.2) is 29.8 Å². The third-order valence-electron chi connectivity index (χ3n) is 4.77. The molecule has 0 unspecified atom stereocenters. The number of benzene rings is 2. The minimum atomic E-state index is -0.288. The van der Waals surface area contributed by atoms with Crippen molar-refractivity contribution in [2.75, 3.05) is 18.4 Å². The molecule has 136 valence electrons. The largest absolute Gasteiger partial charge is 0.342 e. The van der Waals surface area contributed by atoms with Crippen molar-refractivity contribution in [1.29, 1.82) is 0 Å². The first kappa shape index (κ1) is 18.5. The second-order valence-electron chi connectivity index (χ2n) is 6.75. The van der Waals surface area contributed by atoms with Crippen molar-refractivity contribution in [3.8, 4) is 0 Å². The van der Waals surface area contributed by atoms with Gasteiger partial charge in [-0.1, -0.05) is 41.9 Å². The van der Waals surface area contributed by atoms with Crippen LogP contribution in [0, 0.1) is 5.92 Å².